The molecule has 1 aromatic rings. The number of amides is 1. The molecular weight excluding hydrogens is 348 g/mol. The van der Waals surface area contributed by atoms with Gasteiger partial charge in [0.05, 0.1) is 19.8 Å². The average Bonchev–Trinajstić information content (AvgIpc) is 2.68. The van der Waals surface area contributed by atoms with Gasteiger partial charge in [-0.25, -0.2) is 0 Å². The zero-order valence-electron chi connectivity index (χ0n) is 16.4. The second-order valence-corrected chi connectivity index (χ2v) is 7.50. The van der Waals surface area contributed by atoms with E-state index in [-0.39, 0.29) is 18.4 Å². The largest absolute Gasteiger partial charge is 0.493 e. The lowest BCUT2D eigenvalue weighted by Crippen LogP contribution is -2.60. The number of ether oxygens (including phenoxy) is 3. The highest BCUT2D eigenvalue weighted by atomic mass is 16.5. The predicted octanol–water partition coefficient (Wildman–Crippen LogP) is 1.14. The van der Waals surface area contributed by atoms with Crippen molar-refractivity contribution in [2.75, 3.05) is 54.1 Å². The lowest BCUT2D eigenvalue weighted by Gasteiger charge is -2.50. The van der Waals surface area contributed by atoms with Crippen molar-refractivity contribution in [1.82, 2.24) is 9.80 Å². The van der Waals surface area contributed by atoms with Crippen LogP contribution in [-0.4, -0.2) is 80.5 Å². The Morgan fingerprint density at radius 2 is 1.89 bits per heavy atom. The predicted molar refractivity (Wildman–Crippen MR) is 101 cm³/mol. The van der Waals surface area contributed by atoms with Gasteiger partial charge >= 0.3 is 0 Å². The Hall–Kier alpha value is -1.83. The summed E-state index contributed by atoms with van der Waals surface area (Å²) in [5.74, 6) is 1.49. The van der Waals surface area contributed by atoms with E-state index in [1.165, 1.54) is 7.11 Å². The van der Waals surface area contributed by atoms with Crippen LogP contribution in [0.1, 0.15) is 18.4 Å². The van der Waals surface area contributed by atoms with Gasteiger partial charge in [0.25, 0.3) is 0 Å². The van der Waals surface area contributed by atoms with Gasteiger partial charge in [0.1, 0.15) is 6.61 Å². The summed E-state index contributed by atoms with van der Waals surface area (Å²) in [5, 5.41) is 11.0. The Labute approximate surface area is 160 Å². The van der Waals surface area contributed by atoms with Gasteiger partial charge in [-0.15, -0.1) is 0 Å². The van der Waals surface area contributed by atoms with Crippen LogP contribution in [0.4, 0.5) is 0 Å². The lowest BCUT2D eigenvalue weighted by atomic mass is 9.75. The maximum Gasteiger partial charge on any atom is 0.248 e. The van der Waals surface area contributed by atoms with Crippen molar-refractivity contribution in [2.45, 2.75) is 25.0 Å². The summed E-state index contributed by atoms with van der Waals surface area (Å²) in [5.41, 5.74) is 0.471. The number of hydrogen-bond donors (Lipinski definition) is 1. The van der Waals surface area contributed by atoms with E-state index >= 15 is 0 Å². The van der Waals surface area contributed by atoms with E-state index < -0.39 is 5.60 Å². The molecular formula is C20H30N2O5. The number of piperidine rings is 2. The SMILES string of the molecule is COCC(=O)N1CC[C@@]2(O)CCN(Cc3ccc(OC)c(OC)c3)C[C@H]2C1. The molecule has 7 heteroatoms. The minimum absolute atomic E-state index is 0.00318. The Morgan fingerprint density at radius 1 is 1.15 bits per heavy atom. The molecule has 150 valence electrons. The first-order chi connectivity index (χ1) is 13.0. The van der Waals surface area contributed by atoms with Gasteiger partial charge in [0, 0.05) is 45.8 Å². The number of nitrogens with zero attached hydrogens (tertiary/aromatic N) is 2. The van der Waals surface area contributed by atoms with Crippen LogP contribution >= 0.6 is 0 Å². The van der Waals surface area contributed by atoms with Crippen LogP contribution < -0.4 is 9.47 Å². The molecule has 0 spiro atoms. The molecule has 0 bridgehead atoms. The number of aliphatic hydroxyl groups is 1. The molecule has 2 fully saturated rings. The third-order valence-electron chi connectivity index (χ3n) is 5.83. The molecule has 1 amide bonds. The van der Waals surface area contributed by atoms with E-state index in [9.17, 15) is 9.90 Å². The summed E-state index contributed by atoms with van der Waals surface area (Å²) >= 11 is 0. The molecule has 1 N–H and O–H groups in total. The molecule has 2 aliphatic heterocycles. The summed E-state index contributed by atoms with van der Waals surface area (Å²) in [4.78, 5) is 16.3. The number of benzene rings is 1. The highest BCUT2D eigenvalue weighted by Gasteiger charge is 2.45. The van der Waals surface area contributed by atoms with E-state index in [2.05, 4.69) is 4.90 Å². The average molecular weight is 378 g/mol. The summed E-state index contributed by atoms with van der Waals surface area (Å²) in [6, 6.07) is 5.95. The third kappa shape index (κ3) is 4.36. The molecule has 2 heterocycles. The summed E-state index contributed by atoms with van der Waals surface area (Å²) in [7, 11) is 4.79. The quantitative estimate of drug-likeness (QED) is 0.800. The van der Waals surface area contributed by atoms with Crippen molar-refractivity contribution in [3.05, 3.63) is 23.8 Å². The van der Waals surface area contributed by atoms with Gasteiger partial charge in [0.2, 0.25) is 5.91 Å². The molecule has 0 radical (unpaired) electrons. The molecule has 2 atom stereocenters. The minimum Gasteiger partial charge on any atom is -0.493 e. The fourth-order valence-electron chi connectivity index (χ4n) is 4.19. The smallest absolute Gasteiger partial charge is 0.248 e. The van der Waals surface area contributed by atoms with Crippen LogP contribution in [0.5, 0.6) is 11.5 Å². The van der Waals surface area contributed by atoms with E-state index in [4.69, 9.17) is 14.2 Å². The molecule has 0 saturated carbocycles. The molecule has 2 saturated heterocycles. The first-order valence-electron chi connectivity index (χ1n) is 9.41. The van der Waals surface area contributed by atoms with Crippen molar-refractivity contribution < 1.29 is 24.1 Å². The number of hydrogen-bond acceptors (Lipinski definition) is 6. The standard InChI is InChI=1S/C20H30N2O5/c1-25-14-19(23)22-9-7-20(24)6-8-21(12-16(20)13-22)11-15-4-5-17(26-2)18(10-15)27-3/h4-5,10,16,24H,6-9,11-14H2,1-3H3/t16-,20-/m0/s1. The van der Waals surface area contributed by atoms with E-state index in [1.54, 1.807) is 14.2 Å². The molecule has 27 heavy (non-hydrogen) atoms. The molecule has 2 aliphatic rings. The summed E-state index contributed by atoms with van der Waals surface area (Å²) < 4.78 is 15.7. The third-order valence-corrected chi connectivity index (χ3v) is 5.83. The van der Waals surface area contributed by atoms with Crippen LogP contribution in [0.25, 0.3) is 0 Å². The van der Waals surface area contributed by atoms with Gasteiger partial charge < -0.3 is 24.2 Å². The van der Waals surface area contributed by atoms with E-state index in [1.807, 2.05) is 23.1 Å². The highest BCUT2D eigenvalue weighted by molar-refractivity contribution is 5.77. The molecule has 7 nitrogen and oxygen atoms in total. The topological polar surface area (TPSA) is 71.5 Å². The van der Waals surface area contributed by atoms with Gasteiger partial charge in [0.15, 0.2) is 11.5 Å². The first kappa shape index (κ1) is 19.9. The Kier molecular flexibility index (Phi) is 6.24. The number of fused-ring (bicyclic) bond motifs is 1. The fraction of sp³-hybridized carbons (Fsp3) is 0.650. The van der Waals surface area contributed by atoms with Crippen LogP contribution in [0, 0.1) is 5.92 Å². The molecule has 0 unspecified atom stereocenters. The summed E-state index contributed by atoms with van der Waals surface area (Å²) in [6.07, 6.45) is 1.37. The number of rotatable bonds is 6. The van der Waals surface area contributed by atoms with Crippen molar-refractivity contribution in [3.63, 3.8) is 0 Å². The van der Waals surface area contributed by atoms with Gasteiger partial charge in [-0.1, -0.05) is 6.07 Å². The lowest BCUT2D eigenvalue weighted by molar-refractivity contribution is -0.150. The van der Waals surface area contributed by atoms with Gasteiger partial charge in [-0.05, 0) is 30.5 Å². The van der Waals surface area contributed by atoms with E-state index in [0.717, 1.165) is 37.4 Å². The van der Waals surface area contributed by atoms with Gasteiger partial charge in [-0.3, -0.25) is 9.69 Å². The van der Waals surface area contributed by atoms with Crippen LogP contribution in [0.15, 0.2) is 18.2 Å². The van der Waals surface area contributed by atoms with Crippen LogP contribution in [0.3, 0.4) is 0 Å². The monoisotopic (exact) mass is 378 g/mol. The fourth-order valence-corrected chi connectivity index (χ4v) is 4.19. The van der Waals surface area contributed by atoms with Crippen molar-refractivity contribution in [2.24, 2.45) is 5.92 Å². The number of methoxy groups -OCH3 is 3. The Bertz CT molecular complexity index is 668. The molecule has 0 aromatic heterocycles. The molecule has 0 aliphatic carbocycles. The zero-order valence-corrected chi connectivity index (χ0v) is 16.4. The maximum atomic E-state index is 12.2. The Morgan fingerprint density at radius 3 is 2.59 bits per heavy atom. The van der Waals surface area contributed by atoms with Crippen LogP contribution in [-0.2, 0) is 16.1 Å². The second-order valence-electron chi connectivity index (χ2n) is 7.50. The Balaban J connectivity index is 1.65. The van der Waals surface area contributed by atoms with Crippen molar-refractivity contribution in [1.29, 1.82) is 0 Å². The number of likely N-dealkylation sites (tertiary alicyclic amines) is 2. The minimum atomic E-state index is -0.669. The van der Waals surface area contributed by atoms with Crippen LogP contribution in [0.2, 0.25) is 0 Å². The first-order valence-corrected chi connectivity index (χ1v) is 9.41. The van der Waals surface area contributed by atoms with Crippen molar-refractivity contribution in [3.8, 4) is 11.5 Å². The molecule has 3 rings (SSSR count). The normalized spacial score (nSPS) is 25.8. The van der Waals surface area contributed by atoms with Gasteiger partial charge in [-0.2, -0.15) is 0 Å². The zero-order chi connectivity index (χ0) is 19.4. The highest BCUT2D eigenvalue weighted by Crippen LogP contribution is 2.36. The second kappa shape index (κ2) is 8.46. The van der Waals surface area contributed by atoms with E-state index in [0.29, 0.717) is 25.3 Å². The summed E-state index contributed by atoms with van der Waals surface area (Å²) in [6.45, 7) is 3.67. The molecule has 1 aromatic carbocycles. The maximum absolute atomic E-state index is 12.2. The van der Waals surface area contributed by atoms with Crippen molar-refractivity contribution >= 4 is 5.91 Å². The number of carbonyl (C=O) groups is 1. The number of carbonyl (C=O) groups excluding carboxylic acids is 1.